The summed E-state index contributed by atoms with van der Waals surface area (Å²) >= 11 is 1.86. The van der Waals surface area contributed by atoms with Crippen LogP contribution < -0.4 is 4.90 Å². The predicted molar refractivity (Wildman–Crippen MR) is 260 cm³/mol. The Labute approximate surface area is 352 Å². The maximum Gasteiger partial charge on any atom is 0.0555 e. The zero-order chi connectivity index (χ0) is 39.6. The Balaban J connectivity index is 1.13. The van der Waals surface area contributed by atoms with Crippen molar-refractivity contribution in [2.45, 2.75) is 0 Å². The van der Waals surface area contributed by atoms with Crippen LogP contribution in [0.4, 0.5) is 17.1 Å². The minimum Gasteiger partial charge on any atom is -0.309 e. The minimum atomic E-state index is 1.11. The van der Waals surface area contributed by atoms with Gasteiger partial charge >= 0.3 is 0 Å². The predicted octanol–water partition coefficient (Wildman–Crippen LogP) is 17.1. The van der Waals surface area contributed by atoms with Crippen LogP contribution in [0.15, 0.2) is 224 Å². The molecule has 280 valence electrons. The van der Waals surface area contributed by atoms with Gasteiger partial charge < -0.3 is 4.90 Å². The first-order chi connectivity index (χ1) is 29.8. The van der Waals surface area contributed by atoms with E-state index in [0.717, 1.165) is 11.4 Å². The second-order valence-electron chi connectivity index (χ2n) is 15.6. The third-order valence-corrected chi connectivity index (χ3v) is 13.3. The second-order valence-corrected chi connectivity index (χ2v) is 16.7. The average molecular weight is 780 g/mol. The fraction of sp³-hybridized carbons (Fsp3) is 0. The van der Waals surface area contributed by atoms with Gasteiger partial charge in [0.25, 0.3) is 0 Å². The topological polar surface area (TPSA) is 3.24 Å². The van der Waals surface area contributed by atoms with E-state index in [1.165, 1.54) is 102 Å². The first-order valence-electron chi connectivity index (χ1n) is 20.6. The van der Waals surface area contributed by atoms with Crippen molar-refractivity contribution in [2.75, 3.05) is 4.90 Å². The van der Waals surface area contributed by atoms with Crippen molar-refractivity contribution in [2.24, 2.45) is 0 Å². The largest absolute Gasteiger partial charge is 0.309 e. The van der Waals surface area contributed by atoms with Crippen molar-refractivity contribution in [1.82, 2.24) is 0 Å². The van der Waals surface area contributed by atoms with Crippen LogP contribution >= 0.6 is 11.3 Å². The molecule has 1 nitrogen and oxygen atoms in total. The third kappa shape index (κ3) is 5.53. The molecule has 60 heavy (non-hydrogen) atoms. The Morgan fingerprint density at radius 1 is 0.283 bits per heavy atom. The lowest BCUT2D eigenvalue weighted by Gasteiger charge is -2.29. The first kappa shape index (κ1) is 34.5. The van der Waals surface area contributed by atoms with Gasteiger partial charge in [0.05, 0.1) is 11.4 Å². The molecule has 0 aliphatic rings. The third-order valence-electron chi connectivity index (χ3n) is 12.2. The summed E-state index contributed by atoms with van der Waals surface area (Å²) in [6, 6.07) is 82.6. The molecule has 0 bridgehead atoms. The van der Waals surface area contributed by atoms with Gasteiger partial charge in [-0.1, -0.05) is 182 Å². The molecule has 0 fully saturated rings. The van der Waals surface area contributed by atoms with Crippen LogP contribution in [0, 0.1) is 0 Å². The van der Waals surface area contributed by atoms with Gasteiger partial charge in [-0.25, -0.2) is 0 Å². The van der Waals surface area contributed by atoms with Gasteiger partial charge in [-0.05, 0) is 114 Å². The average Bonchev–Trinajstić information content (AvgIpc) is 3.71. The molecule has 0 radical (unpaired) electrons. The number of hydrogen-bond acceptors (Lipinski definition) is 2. The molecule has 0 atom stereocenters. The number of hydrogen-bond donors (Lipinski definition) is 0. The van der Waals surface area contributed by atoms with E-state index >= 15 is 0 Å². The lowest BCUT2D eigenvalue weighted by molar-refractivity contribution is 1.32. The molecule has 0 N–H and O–H groups in total. The smallest absolute Gasteiger partial charge is 0.0555 e. The molecule has 0 saturated heterocycles. The molecule has 12 aromatic rings. The molecule has 0 aliphatic heterocycles. The molecular weight excluding hydrogens is 743 g/mol. The molecule has 1 heterocycles. The van der Waals surface area contributed by atoms with Crippen molar-refractivity contribution >= 4 is 91.7 Å². The van der Waals surface area contributed by atoms with Crippen LogP contribution in [-0.4, -0.2) is 0 Å². The van der Waals surface area contributed by atoms with Crippen molar-refractivity contribution in [3.8, 4) is 33.4 Å². The Hall–Kier alpha value is -7.52. The van der Waals surface area contributed by atoms with E-state index in [-0.39, 0.29) is 0 Å². The molecule has 12 rings (SSSR count). The van der Waals surface area contributed by atoms with Gasteiger partial charge in [-0.15, -0.1) is 11.3 Å². The van der Waals surface area contributed by atoms with Crippen LogP contribution in [-0.2, 0) is 0 Å². The van der Waals surface area contributed by atoms with Gasteiger partial charge in [0, 0.05) is 31.2 Å². The second kappa shape index (κ2) is 14.1. The van der Waals surface area contributed by atoms with Gasteiger partial charge in [0.15, 0.2) is 0 Å². The summed E-state index contributed by atoms with van der Waals surface area (Å²) in [5.74, 6) is 0. The molecule has 11 aromatic carbocycles. The first-order valence-corrected chi connectivity index (χ1v) is 21.4. The normalized spacial score (nSPS) is 11.7. The molecule has 0 spiro atoms. The van der Waals surface area contributed by atoms with Crippen molar-refractivity contribution in [3.05, 3.63) is 224 Å². The van der Waals surface area contributed by atoms with Crippen LogP contribution in [0.5, 0.6) is 0 Å². The SMILES string of the molecule is c1ccc(-c2c(-c3ccccc3)c3cc(-c4cccc(N(c5cc6ccccc6c6ccccc56)c5cccc6sc7ccccc7c56)c4)ccc3c3ccccc23)cc1. The molecular formula is C58H37NS. The Morgan fingerprint density at radius 3 is 1.58 bits per heavy atom. The van der Waals surface area contributed by atoms with Crippen LogP contribution in [0.3, 0.4) is 0 Å². The number of thiophene rings is 1. The fourth-order valence-corrected chi connectivity index (χ4v) is 10.7. The van der Waals surface area contributed by atoms with Gasteiger partial charge in [-0.2, -0.15) is 0 Å². The van der Waals surface area contributed by atoms with E-state index in [2.05, 4.69) is 229 Å². The summed E-state index contributed by atoms with van der Waals surface area (Å²) in [4.78, 5) is 2.51. The summed E-state index contributed by atoms with van der Waals surface area (Å²) in [5, 5.41) is 12.5. The van der Waals surface area contributed by atoms with Gasteiger partial charge in [0.2, 0.25) is 0 Å². The summed E-state index contributed by atoms with van der Waals surface area (Å²) in [6.07, 6.45) is 0. The number of benzene rings is 11. The highest BCUT2D eigenvalue weighted by atomic mass is 32.1. The number of rotatable bonds is 6. The minimum absolute atomic E-state index is 1.11. The Morgan fingerprint density at radius 2 is 0.817 bits per heavy atom. The highest BCUT2D eigenvalue weighted by Gasteiger charge is 2.23. The van der Waals surface area contributed by atoms with Gasteiger partial charge in [-0.3, -0.25) is 0 Å². The van der Waals surface area contributed by atoms with E-state index in [0.29, 0.717) is 0 Å². The van der Waals surface area contributed by atoms with E-state index < -0.39 is 0 Å². The Kier molecular flexibility index (Phi) is 8.11. The van der Waals surface area contributed by atoms with Crippen molar-refractivity contribution in [3.63, 3.8) is 0 Å². The lowest BCUT2D eigenvalue weighted by atomic mass is 9.84. The van der Waals surface area contributed by atoms with Crippen LogP contribution in [0.2, 0.25) is 0 Å². The van der Waals surface area contributed by atoms with Crippen LogP contribution in [0.1, 0.15) is 0 Å². The molecule has 0 saturated carbocycles. The molecule has 0 amide bonds. The summed E-state index contributed by atoms with van der Waals surface area (Å²) in [6.45, 7) is 0. The van der Waals surface area contributed by atoms with Crippen LogP contribution in [0.25, 0.3) is 96.6 Å². The fourth-order valence-electron chi connectivity index (χ4n) is 9.57. The van der Waals surface area contributed by atoms with E-state index in [4.69, 9.17) is 0 Å². The maximum atomic E-state index is 2.51. The van der Waals surface area contributed by atoms with E-state index in [1.54, 1.807) is 0 Å². The zero-order valence-electron chi connectivity index (χ0n) is 32.7. The molecule has 0 aliphatic carbocycles. The van der Waals surface area contributed by atoms with Crippen molar-refractivity contribution < 1.29 is 0 Å². The summed E-state index contributed by atoms with van der Waals surface area (Å²) < 4.78 is 2.58. The van der Waals surface area contributed by atoms with Crippen molar-refractivity contribution in [1.29, 1.82) is 0 Å². The number of fused-ring (bicyclic) bond motifs is 9. The number of anilines is 3. The molecule has 1 aromatic heterocycles. The van der Waals surface area contributed by atoms with Gasteiger partial charge in [0.1, 0.15) is 0 Å². The summed E-state index contributed by atoms with van der Waals surface area (Å²) in [7, 11) is 0. The van der Waals surface area contributed by atoms with E-state index in [9.17, 15) is 0 Å². The lowest BCUT2D eigenvalue weighted by Crippen LogP contribution is -2.11. The zero-order valence-corrected chi connectivity index (χ0v) is 33.5. The van der Waals surface area contributed by atoms with E-state index in [1.807, 2.05) is 11.3 Å². The molecule has 2 heteroatoms. The highest BCUT2D eigenvalue weighted by molar-refractivity contribution is 7.26. The quantitative estimate of drug-likeness (QED) is 0.152. The maximum absolute atomic E-state index is 2.51. The molecule has 0 unspecified atom stereocenters. The Bertz CT molecular complexity index is 3600. The monoisotopic (exact) mass is 779 g/mol. The number of nitrogens with zero attached hydrogens (tertiary/aromatic N) is 1. The standard InChI is InChI=1S/C58H37NS/c1-3-17-38(18-4-1)56-49-28-12-10-26-46(49)47-34-33-41(36-51(47)57(56)39-19-5-2-6-20-39)40-22-15-23-43(35-40)59(52-30-16-32-55-58(52)50-29-13-14-31-54(50)60-55)53-37-42-21-7-8-24-44(42)45-25-9-11-27-48(45)53/h1-37H. The highest BCUT2D eigenvalue weighted by Crippen LogP contribution is 2.49. The summed E-state index contributed by atoms with van der Waals surface area (Å²) in [5.41, 5.74) is 10.7.